The van der Waals surface area contributed by atoms with Gasteiger partial charge in [-0.15, -0.1) is 0 Å². The minimum absolute atomic E-state index is 0.1000. The molecule has 0 spiro atoms. The first-order valence-corrected chi connectivity index (χ1v) is 8.56. The van der Waals surface area contributed by atoms with Crippen LogP contribution in [0.15, 0.2) is 48.5 Å². The molecule has 0 radical (unpaired) electrons. The van der Waals surface area contributed by atoms with Gasteiger partial charge in [-0.3, -0.25) is 9.59 Å². The highest BCUT2D eigenvalue weighted by Crippen LogP contribution is 2.16. The lowest BCUT2D eigenvalue weighted by Gasteiger charge is -2.11. The lowest BCUT2D eigenvalue weighted by atomic mass is 10.2. The highest BCUT2D eigenvalue weighted by atomic mass is 16.5. The van der Waals surface area contributed by atoms with E-state index in [-0.39, 0.29) is 18.4 Å². The molecule has 0 aliphatic rings. The molecule has 138 valence electrons. The maximum atomic E-state index is 12.1. The van der Waals surface area contributed by atoms with Crippen LogP contribution in [0, 0.1) is 5.92 Å². The minimum Gasteiger partial charge on any atom is -0.493 e. The smallest absolute Gasteiger partial charge is 0.251 e. The van der Waals surface area contributed by atoms with E-state index in [2.05, 4.69) is 29.8 Å². The van der Waals surface area contributed by atoms with Gasteiger partial charge < -0.3 is 20.7 Å². The zero-order chi connectivity index (χ0) is 18.9. The van der Waals surface area contributed by atoms with Crippen molar-refractivity contribution in [1.29, 1.82) is 0 Å². The zero-order valence-electron chi connectivity index (χ0n) is 15.3. The summed E-state index contributed by atoms with van der Waals surface area (Å²) in [5, 5.41) is 8.40. The molecule has 2 aromatic rings. The van der Waals surface area contributed by atoms with E-state index in [1.165, 1.54) is 0 Å². The number of anilines is 2. The zero-order valence-corrected chi connectivity index (χ0v) is 15.3. The van der Waals surface area contributed by atoms with Crippen LogP contribution in [0.4, 0.5) is 11.4 Å². The Hall–Kier alpha value is -3.02. The third-order valence-electron chi connectivity index (χ3n) is 3.53. The number of rotatable bonds is 8. The SMILES string of the molecule is CNC(=O)c1cccc(NCC(=O)Nc2ccc(OCC(C)C)cc2)c1. The van der Waals surface area contributed by atoms with Crippen LogP contribution < -0.4 is 20.7 Å². The molecular weight excluding hydrogens is 330 g/mol. The molecule has 0 unspecified atom stereocenters. The van der Waals surface area contributed by atoms with Gasteiger partial charge in [-0.05, 0) is 48.4 Å². The van der Waals surface area contributed by atoms with Crippen molar-refractivity contribution < 1.29 is 14.3 Å². The largest absolute Gasteiger partial charge is 0.493 e. The van der Waals surface area contributed by atoms with Crippen molar-refractivity contribution in [3.05, 3.63) is 54.1 Å². The molecule has 0 bridgehead atoms. The molecule has 0 atom stereocenters. The van der Waals surface area contributed by atoms with Gasteiger partial charge in [0.2, 0.25) is 5.91 Å². The van der Waals surface area contributed by atoms with E-state index in [1.807, 2.05) is 12.1 Å². The van der Waals surface area contributed by atoms with Crippen molar-refractivity contribution in [2.75, 3.05) is 30.8 Å². The molecule has 6 heteroatoms. The summed E-state index contributed by atoms with van der Waals surface area (Å²) >= 11 is 0. The number of benzene rings is 2. The van der Waals surface area contributed by atoms with Crippen molar-refractivity contribution in [3.8, 4) is 5.75 Å². The molecule has 0 saturated carbocycles. The molecule has 6 nitrogen and oxygen atoms in total. The molecule has 0 aliphatic carbocycles. The maximum Gasteiger partial charge on any atom is 0.251 e. The molecule has 2 amide bonds. The first-order chi connectivity index (χ1) is 12.5. The normalized spacial score (nSPS) is 10.3. The van der Waals surface area contributed by atoms with Gasteiger partial charge in [0.15, 0.2) is 0 Å². The molecular formula is C20H25N3O3. The number of amides is 2. The van der Waals surface area contributed by atoms with E-state index in [4.69, 9.17) is 4.74 Å². The van der Waals surface area contributed by atoms with Crippen LogP contribution in [0.3, 0.4) is 0 Å². The first-order valence-electron chi connectivity index (χ1n) is 8.56. The van der Waals surface area contributed by atoms with Gasteiger partial charge in [-0.2, -0.15) is 0 Å². The van der Waals surface area contributed by atoms with Crippen molar-refractivity contribution in [2.24, 2.45) is 5.92 Å². The maximum absolute atomic E-state index is 12.1. The van der Waals surface area contributed by atoms with E-state index in [1.54, 1.807) is 43.4 Å². The molecule has 3 N–H and O–H groups in total. The van der Waals surface area contributed by atoms with Crippen molar-refractivity contribution in [1.82, 2.24) is 5.32 Å². The summed E-state index contributed by atoms with van der Waals surface area (Å²) in [5.41, 5.74) is 1.95. The number of hydrogen-bond donors (Lipinski definition) is 3. The highest BCUT2D eigenvalue weighted by molar-refractivity contribution is 5.96. The van der Waals surface area contributed by atoms with Crippen LogP contribution in [-0.2, 0) is 4.79 Å². The van der Waals surface area contributed by atoms with E-state index in [9.17, 15) is 9.59 Å². The molecule has 0 saturated heterocycles. The molecule has 2 aromatic carbocycles. The van der Waals surface area contributed by atoms with Crippen LogP contribution in [0.5, 0.6) is 5.75 Å². The number of carbonyl (C=O) groups excluding carboxylic acids is 2. The van der Waals surface area contributed by atoms with Gasteiger partial charge in [0.1, 0.15) is 5.75 Å². The molecule has 26 heavy (non-hydrogen) atoms. The summed E-state index contributed by atoms with van der Waals surface area (Å²) < 4.78 is 5.61. The fraction of sp³-hybridized carbons (Fsp3) is 0.300. The van der Waals surface area contributed by atoms with E-state index in [0.717, 1.165) is 5.75 Å². The number of carbonyl (C=O) groups is 2. The van der Waals surface area contributed by atoms with Gasteiger partial charge >= 0.3 is 0 Å². The van der Waals surface area contributed by atoms with E-state index >= 15 is 0 Å². The Morgan fingerprint density at radius 3 is 2.42 bits per heavy atom. The van der Waals surface area contributed by atoms with Crippen molar-refractivity contribution >= 4 is 23.2 Å². The second kappa shape index (κ2) is 9.46. The summed E-state index contributed by atoms with van der Waals surface area (Å²) in [5.74, 6) is 0.896. The molecule has 0 fully saturated rings. The molecule has 0 aromatic heterocycles. The van der Waals surface area contributed by atoms with Crippen LogP contribution in [0.2, 0.25) is 0 Å². The van der Waals surface area contributed by atoms with E-state index < -0.39 is 0 Å². The standard InChI is InChI=1S/C20H25N3O3/c1-14(2)13-26-18-9-7-16(8-10-18)23-19(24)12-22-17-6-4-5-15(11-17)20(25)21-3/h4-11,14,22H,12-13H2,1-3H3,(H,21,25)(H,23,24). The molecule has 0 heterocycles. The summed E-state index contributed by atoms with van der Waals surface area (Å²) in [6, 6.07) is 14.3. The topological polar surface area (TPSA) is 79.5 Å². The predicted molar refractivity (Wildman–Crippen MR) is 104 cm³/mol. The first kappa shape index (κ1) is 19.3. The van der Waals surface area contributed by atoms with Gasteiger partial charge in [0.05, 0.1) is 13.2 Å². The predicted octanol–water partition coefficient (Wildman–Crippen LogP) is 3.13. The van der Waals surface area contributed by atoms with Crippen LogP contribution in [0.1, 0.15) is 24.2 Å². The van der Waals surface area contributed by atoms with Gasteiger partial charge in [-0.1, -0.05) is 19.9 Å². The van der Waals surface area contributed by atoms with Crippen LogP contribution in [-0.4, -0.2) is 32.0 Å². The number of nitrogens with one attached hydrogen (secondary N) is 3. The second-order valence-electron chi connectivity index (χ2n) is 6.29. The summed E-state index contributed by atoms with van der Waals surface area (Å²) in [7, 11) is 1.58. The molecule has 0 aliphatic heterocycles. The lowest BCUT2D eigenvalue weighted by molar-refractivity contribution is -0.114. The third-order valence-corrected chi connectivity index (χ3v) is 3.53. The Morgan fingerprint density at radius 1 is 1.04 bits per heavy atom. The Bertz CT molecular complexity index is 742. The molecule has 2 rings (SSSR count). The number of hydrogen-bond acceptors (Lipinski definition) is 4. The average molecular weight is 355 g/mol. The summed E-state index contributed by atoms with van der Waals surface area (Å²) in [6.07, 6.45) is 0. The Morgan fingerprint density at radius 2 is 1.77 bits per heavy atom. The van der Waals surface area contributed by atoms with Gasteiger partial charge in [0, 0.05) is 24.0 Å². The van der Waals surface area contributed by atoms with Gasteiger partial charge in [-0.25, -0.2) is 0 Å². The fourth-order valence-corrected chi connectivity index (χ4v) is 2.20. The highest BCUT2D eigenvalue weighted by Gasteiger charge is 2.06. The van der Waals surface area contributed by atoms with Crippen LogP contribution >= 0.6 is 0 Å². The summed E-state index contributed by atoms with van der Waals surface area (Å²) in [6.45, 7) is 4.94. The average Bonchev–Trinajstić information content (AvgIpc) is 2.65. The Balaban J connectivity index is 1.84. The van der Waals surface area contributed by atoms with Crippen molar-refractivity contribution in [2.45, 2.75) is 13.8 Å². The minimum atomic E-state index is -0.175. The van der Waals surface area contributed by atoms with Crippen molar-refractivity contribution in [3.63, 3.8) is 0 Å². The monoisotopic (exact) mass is 355 g/mol. The second-order valence-corrected chi connectivity index (χ2v) is 6.29. The van der Waals surface area contributed by atoms with Gasteiger partial charge in [0.25, 0.3) is 5.91 Å². The quantitative estimate of drug-likeness (QED) is 0.680. The fourth-order valence-electron chi connectivity index (χ4n) is 2.20. The third kappa shape index (κ3) is 6.12. The Kier molecular flexibility index (Phi) is 7.02. The summed E-state index contributed by atoms with van der Waals surface area (Å²) in [4.78, 5) is 23.7. The van der Waals surface area contributed by atoms with Crippen LogP contribution in [0.25, 0.3) is 0 Å². The lowest BCUT2D eigenvalue weighted by Crippen LogP contribution is -2.22. The van der Waals surface area contributed by atoms with E-state index in [0.29, 0.717) is 29.5 Å². The Labute approximate surface area is 153 Å². The number of ether oxygens (including phenoxy) is 1.